The molecule has 0 aliphatic rings. The molecule has 0 saturated heterocycles. The number of aromatic amines is 2. The highest BCUT2D eigenvalue weighted by Gasteiger charge is 2.05. The van der Waals surface area contributed by atoms with E-state index in [1.165, 1.54) is 6.21 Å². The summed E-state index contributed by atoms with van der Waals surface area (Å²) in [5.74, 6) is -0.0432. The highest BCUT2D eigenvalue weighted by Crippen LogP contribution is 2.15. The van der Waals surface area contributed by atoms with Crippen LogP contribution in [-0.2, 0) is 11.4 Å². The minimum atomic E-state index is -0.737. The molecule has 154 valence electrons. The van der Waals surface area contributed by atoms with Gasteiger partial charge in [0.05, 0.1) is 12.8 Å². The second-order valence-electron chi connectivity index (χ2n) is 5.99. The van der Waals surface area contributed by atoms with Crippen LogP contribution in [0.2, 0.25) is 5.02 Å². The molecule has 0 radical (unpaired) electrons. The van der Waals surface area contributed by atoms with Gasteiger partial charge in [-0.15, -0.1) is 5.10 Å². The Morgan fingerprint density at radius 1 is 1.20 bits per heavy atom. The Kier molecular flexibility index (Phi) is 6.95. The molecule has 11 heteroatoms. The Hall–Kier alpha value is -3.92. The molecule has 0 unspecified atom stereocenters. The maximum absolute atomic E-state index is 11.8. The van der Waals surface area contributed by atoms with Gasteiger partial charge in [0, 0.05) is 5.02 Å². The number of amides is 1. The molecule has 0 aliphatic heterocycles. The largest absolute Gasteiger partial charge is 0.489 e. The van der Waals surface area contributed by atoms with Crippen LogP contribution >= 0.6 is 11.6 Å². The van der Waals surface area contributed by atoms with Crippen LogP contribution in [-0.4, -0.2) is 33.8 Å². The number of ether oxygens (including phenoxy) is 1. The number of nitrogens with zero attached hydrogens (tertiary/aromatic N) is 2. The summed E-state index contributed by atoms with van der Waals surface area (Å²) in [6.07, 6.45) is 1.46. The van der Waals surface area contributed by atoms with Crippen molar-refractivity contribution in [2.75, 3.05) is 11.9 Å². The van der Waals surface area contributed by atoms with Gasteiger partial charge in [-0.25, -0.2) is 15.3 Å². The van der Waals surface area contributed by atoms with Gasteiger partial charge in [0.1, 0.15) is 12.4 Å². The van der Waals surface area contributed by atoms with E-state index in [2.05, 4.69) is 26.0 Å². The number of halogens is 1. The molecule has 3 aromatic rings. The average molecular weight is 429 g/mol. The van der Waals surface area contributed by atoms with Crippen molar-refractivity contribution in [3.05, 3.63) is 85.5 Å². The lowest BCUT2D eigenvalue weighted by Crippen LogP contribution is -2.31. The van der Waals surface area contributed by atoms with E-state index in [9.17, 15) is 14.4 Å². The number of nitrogens with one attached hydrogen (secondary N) is 4. The molecule has 0 aliphatic carbocycles. The van der Waals surface area contributed by atoms with E-state index >= 15 is 0 Å². The van der Waals surface area contributed by atoms with Gasteiger partial charge in [-0.05, 0) is 35.4 Å². The molecular formula is C19H17ClN6O4. The minimum Gasteiger partial charge on any atom is -0.489 e. The van der Waals surface area contributed by atoms with Crippen LogP contribution in [0.4, 0.5) is 5.82 Å². The van der Waals surface area contributed by atoms with Crippen LogP contribution in [0.3, 0.4) is 0 Å². The third kappa shape index (κ3) is 6.31. The van der Waals surface area contributed by atoms with E-state index in [1.54, 1.807) is 30.3 Å². The number of hydrogen-bond acceptors (Lipinski definition) is 7. The summed E-state index contributed by atoms with van der Waals surface area (Å²) in [4.78, 5) is 36.1. The van der Waals surface area contributed by atoms with Crippen molar-refractivity contribution in [3.8, 4) is 5.75 Å². The summed E-state index contributed by atoms with van der Waals surface area (Å²) in [5.41, 5.74) is 2.55. The zero-order chi connectivity index (χ0) is 21.3. The second-order valence-corrected chi connectivity index (χ2v) is 6.43. The first-order chi connectivity index (χ1) is 14.5. The summed E-state index contributed by atoms with van der Waals surface area (Å²) in [6, 6.07) is 14.5. The molecule has 1 aromatic heterocycles. The fraction of sp³-hybridized carbons (Fsp3) is 0.105. The summed E-state index contributed by atoms with van der Waals surface area (Å²) in [6.45, 7) is 0.127. The Balaban J connectivity index is 1.48. The van der Waals surface area contributed by atoms with Gasteiger partial charge >= 0.3 is 5.69 Å². The van der Waals surface area contributed by atoms with Crippen LogP contribution in [0.25, 0.3) is 0 Å². The molecule has 1 amide bonds. The van der Waals surface area contributed by atoms with Crippen LogP contribution in [0.1, 0.15) is 11.1 Å². The van der Waals surface area contributed by atoms with Crippen molar-refractivity contribution in [2.45, 2.75) is 6.61 Å². The Labute approximate surface area is 174 Å². The van der Waals surface area contributed by atoms with Gasteiger partial charge in [-0.1, -0.05) is 35.9 Å². The summed E-state index contributed by atoms with van der Waals surface area (Å²) in [5, 5.41) is 12.6. The van der Waals surface area contributed by atoms with Crippen molar-refractivity contribution in [1.29, 1.82) is 0 Å². The van der Waals surface area contributed by atoms with Crippen molar-refractivity contribution in [2.24, 2.45) is 5.10 Å². The van der Waals surface area contributed by atoms with Crippen LogP contribution < -0.4 is 26.7 Å². The van der Waals surface area contributed by atoms with Gasteiger partial charge < -0.3 is 10.1 Å². The maximum atomic E-state index is 11.8. The fourth-order valence-corrected chi connectivity index (χ4v) is 2.41. The van der Waals surface area contributed by atoms with Crippen molar-refractivity contribution < 1.29 is 9.53 Å². The van der Waals surface area contributed by atoms with Gasteiger partial charge in [0.15, 0.2) is 0 Å². The van der Waals surface area contributed by atoms with Crippen LogP contribution in [0.15, 0.2) is 63.2 Å². The van der Waals surface area contributed by atoms with Crippen LogP contribution in [0, 0.1) is 0 Å². The average Bonchev–Trinajstić information content (AvgIpc) is 2.73. The first-order valence-corrected chi connectivity index (χ1v) is 9.09. The highest BCUT2D eigenvalue weighted by molar-refractivity contribution is 6.30. The number of H-pyrrole nitrogens is 2. The third-order valence-electron chi connectivity index (χ3n) is 3.71. The topological polar surface area (TPSA) is 141 Å². The highest BCUT2D eigenvalue weighted by atomic mass is 35.5. The van der Waals surface area contributed by atoms with E-state index < -0.39 is 17.2 Å². The fourth-order valence-electron chi connectivity index (χ4n) is 2.28. The molecule has 10 nitrogen and oxygen atoms in total. The molecule has 0 bridgehead atoms. The SMILES string of the molecule is O=C(CNc1n[nH]c(=O)[nH]c1=O)N/N=C/c1cccc(OCc2ccc(Cl)cc2)c1. The number of benzene rings is 2. The van der Waals surface area contributed by atoms with Crippen molar-refractivity contribution >= 4 is 29.5 Å². The third-order valence-corrected chi connectivity index (χ3v) is 3.96. The monoisotopic (exact) mass is 428 g/mol. The number of anilines is 1. The zero-order valence-corrected chi connectivity index (χ0v) is 16.3. The first-order valence-electron chi connectivity index (χ1n) is 8.72. The van der Waals surface area contributed by atoms with Gasteiger partial charge in [0.2, 0.25) is 5.82 Å². The molecule has 0 atom stereocenters. The minimum absolute atomic E-state index is 0.181. The van der Waals surface area contributed by atoms with Crippen molar-refractivity contribution in [1.82, 2.24) is 20.6 Å². The van der Waals surface area contributed by atoms with Gasteiger partial charge in [-0.2, -0.15) is 5.10 Å². The molecule has 30 heavy (non-hydrogen) atoms. The van der Waals surface area contributed by atoms with Crippen LogP contribution in [0.5, 0.6) is 5.75 Å². The van der Waals surface area contributed by atoms with Gasteiger partial charge in [0.25, 0.3) is 11.5 Å². The van der Waals surface area contributed by atoms with E-state index in [1.807, 2.05) is 23.2 Å². The number of rotatable bonds is 8. The first kappa shape index (κ1) is 20.8. The van der Waals surface area contributed by atoms with E-state index in [4.69, 9.17) is 16.3 Å². The number of carbonyl (C=O) groups is 1. The summed E-state index contributed by atoms with van der Waals surface area (Å²) >= 11 is 5.86. The lowest BCUT2D eigenvalue weighted by atomic mass is 10.2. The molecule has 0 saturated carbocycles. The standard InChI is InChI=1S/C19H17ClN6O4/c20-14-6-4-12(5-7-14)11-30-15-3-1-2-13(8-15)9-22-24-16(27)10-21-17-18(28)23-19(29)26-25-17/h1-9H,10-11H2,(H,21,25)(H,24,27)(H2,23,26,28,29)/b22-9+. The molecule has 0 fully saturated rings. The number of carbonyl (C=O) groups excluding carboxylic acids is 1. The molecule has 1 heterocycles. The van der Waals surface area contributed by atoms with E-state index in [0.29, 0.717) is 17.4 Å². The summed E-state index contributed by atoms with van der Waals surface area (Å²) < 4.78 is 5.74. The number of aromatic nitrogens is 3. The normalized spacial score (nSPS) is 10.7. The zero-order valence-electron chi connectivity index (χ0n) is 15.5. The second kappa shape index (κ2) is 10.0. The molecule has 0 spiro atoms. The maximum Gasteiger partial charge on any atom is 0.342 e. The lowest BCUT2D eigenvalue weighted by Gasteiger charge is -2.07. The predicted molar refractivity (Wildman–Crippen MR) is 112 cm³/mol. The predicted octanol–water partition coefficient (Wildman–Crippen LogP) is 1.25. The Morgan fingerprint density at radius 3 is 2.77 bits per heavy atom. The molecule has 4 N–H and O–H groups in total. The van der Waals surface area contributed by atoms with Gasteiger partial charge in [-0.3, -0.25) is 14.6 Å². The molecule has 3 rings (SSSR count). The van der Waals surface area contributed by atoms with E-state index in [-0.39, 0.29) is 12.4 Å². The number of hydrazone groups is 1. The Morgan fingerprint density at radius 2 is 2.00 bits per heavy atom. The molecule has 2 aromatic carbocycles. The Bertz CT molecular complexity index is 1160. The molecular weight excluding hydrogens is 412 g/mol. The van der Waals surface area contributed by atoms with Crippen molar-refractivity contribution in [3.63, 3.8) is 0 Å². The van der Waals surface area contributed by atoms with E-state index in [0.717, 1.165) is 11.1 Å². The smallest absolute Gasteiger partial charge is 0.342 e. The summed E-state index contributed by atoms with van der Waals surface area (Å²) in [7, 11) is 0. The lowest BCUT2D eigenvalue weighted by molar-refractivity contribution is -0.119. The quantitative estimate of drug-likeness (QED) is 0.314. The number of hydrogen-bond donors (Lipinski definition) is 4.